The maximum Gasteiger partial charge on any atom is 0.287 e. The van der Waals surface area contributed by atoms with Crippen molar-refractivity contribution in [3.63, 3.8) is 0 Å². The highest BCUT2D eigenvalue weighted by Gasteiger charge is 2.22. The Labute approximate surface area is 141 Å². The monoisotopic (exact) mass is 333 g/mol. The van der Waals surface area contributed by atoms with Gasteiger partial charge in [0.15, 0.2) is 0 Å². The van der Waals surface area contributed by atoms with Gasteiger partial charge in [-0.15, -0.1) is 0 Å². The summed E-state index contributed by atoms with van der Waals surface area (Å²) in [5.41, 5.74) is 1.06. The van der Waals surface area contributed by atoms with Gasteiger partial charge in [0.25, 0.3) is 5.91 Å². The summed E-state index contributed by atoms with van der Waals surface area (Å²) >= 11 is 0. The summed E-state index contributed by atoms with van der Waals surface area (Å²) in [5.74, 6) is -0.571. The molecule has 1 fully saturated rings. The number of carbonyl (C=O) groups excluding carboxylic acids is 3. The molecular formula is C17H23N3O4. The average molecular weight is 333 g/mol. The Bertz CT molecular complexity index is 610. The van der Waals surface area contributed by atoms with E-state index in [0.29, 0.717) is 26.2 Å². The molecule has 1 heterocycles. The number of nitrogens with one attached hydrogen (secondary N) is 1. The molecule has 1 N–H and O–H groups in total. The van der Waals surface area contributed by atoms with Crippen molar-refractivity contribution < 1.29 is 19.1 Å². The minimum absolute atomic E-state index is 0.135. The first-order chi connectivity index (χ1) is 11.5. The van der Waals surface area contributed by atoms with Gasteiger partial charge in [-0.2, -0.15) is 0 Å². The summed E-state index contributed by atoms with van der Waals surface area (Å²) in [5, 5.41) is 2.38. The van der Waals surface area contributed by atoms with E-state index in [2.05, 4.69) is 10.2 Å². The van der Waals surface area contributed by atoms with Crippen LogP contribution in [-0.4, -0.2) is 62.3 Å². The summed E-state index contributed by atoms with van der Waals surface area (Å²) in [4.78, 5) is 38.6. The van der Waals surface area contributed by atoms with Crippen molar-refractivity contribution in [3.05, 3.63) is 24.3 Å². The van der Waals surface area contributed by atoms with Gasteiger partial charge in [0.2, 0.25) is 11.7 Å². The zero-order chi connectivity index (χ0) is 17.5. The number of hydrogen-bond donors (Lipinski definition) is 1. The molecule has 0 bridgehead atoms. The molecule has 24 heavy (non-hydrogen) atoms. The molecule has 0 spiro atoms. The van der Waals surface area contributed by atoms with Gasteiger partial charge >= 0.3 is 0 Å². The molecule has 0 aromatic heterocycles. The SMILES string of the molecule is CCC(=O)C(=O)NCC(=O)N1CCN(c2cccc(OC)c2)CC1. The van der Waals surface area contributed by atoms with Crippen LogP contribution < -0.4 is 15.0 Å². The van der Waals surface area contributed by atoms with Gasteiger partial charge in [-0.05, 0) is 12.1 Å². The van der Waals surface area contributed by atoms with E-state index in [1.807, 2.05) is 24.3 Å². The minimum Gasteiger partial charge on any atom is -0.497 e. The van der Waals surface area contributed by atoms with Crippen LogP contribution in [0.15, 0.2) is 24.3 Å². The Morgan fingerprint density at radius 3 is 2.50 bits per heavy atom. The molecule has 0 aliphatic carbocycles. The number of carbonyl (C=O) groups is 3. The fourth-order valence-corrected chi connectivity index (χ4v) is 2.55. The van der Waals surface area contributed by atoms with Crippen molar-refractivity contribution in [1.29, 1.82) is 0 Å². The Balaban J connectivity index is 1.82. The molecule has 1 aliphatic heterocycles. The van der Waals surface area contributed by atoms with Crippen LogP contribution in [0.4, 0.5) is 5.69 Å². The fourth-order valence-electron chi connectivity index (χ4n) is 2.55. The number of hydrogen-bond acceptors (Lipinski definition) is 5. The predicted molar refractivity (Wildman–Crippen MR) is 90.1 cm³/mol. The van der Waals surface area contributed by atoms with Crippen LogP contribution in [0.25, 0.3) is 0 Å². The minimum atomic E-state index is -0.694. The van der Waals surface area contributed by atoms with Gasteiger partial charge in [-0.3, -0.25) is 14.4 Å². The van der Waals surface area contributed by atoms with E-state index in [-0.39, 0.29) is 18.9 Å². The molecule has 1 aromatic rings. The van der Waals surface area contributed by atoms with E-state index in [9.17, 15) is 14.4 Å². The third-order valence-electron chi connectivity index (χ3n) is 4.03. The van der Waals surface area contributed by atoms with Crippen molar-refractivity contribution in [3.8, 4) is 5.75 Å². The molecule has 7 heteroatoms. The number of anilines is 1. The second-order valence-electron chi connectivity index (χ2n) is 5.53. The molecule has 2 amide bonds. The normalized spacial score (nSPS) is 14.2. The van der Waals surface area contributed by atoms with Crippen LogP contribution in [0.5, 0.6) is 5.75 Å². The molecule has 0 radical (unpaired) electrons. The predicted octanol–water partition coefficient (Wildman–Crippen LogP) is 0.439. The first-order valence-corrected chi connectivity index (χ1v) is 8.03. The summed E-state index contributed by atoms with van der Waals surface area (Å²) in [6.45, 7) is 4.05. The molecule has 0 atom stereocenters. The van der Waals surface area contributed by atoms with Crippen molar-refractivity contribution in [1.82, 2.24) is 10.2 Å². The Morgan fingerprint density at radius 1 is 1.17 bits per heavy atom. The van der Waals surface area contributed by atoms with Crippen molar-refractivity contribution in [2.24, 2.45) is 0 Å². The quantitative estimate of drug-likeness (QED) is 0.764. The van der Waals surface area contributed by atoms with E-state index in [1.54, 1.807) is 18.9 Å². The lowest BCUT2D eigenvalue weighted by Gasteiger charge is -2.36. The standard InChI is InChI=1S/C17H23N3O4/c1-3-15(21)17(23)18-12-16(22)20-9-7-19(8-10-20)13-5-4-6-14(11-13)24-2/h4-6,11H,3,7-10,12H2,1-2H3,(H,18,23). The lowest BCUT2D eigenvalue weighted by molar-refractivity contribution is -0.139. The van der Waals surface area contributed by atoms with Crippen LogP contribution in [0.3, 0.4) is 0 Å². The number of ether oxygens (including phenoxy) is 1. The smallest absolute Gasteiger partial charge is 0.287 e. The molecule has 7 nitrogen and oxygen atoms in total. The van der Waals surface area contributed by atoms with Crippen molar-refractivity contribution in [2.45, 2.75) is 13.3 Å². The maximum absolute atomic E-state index is 12.1. The van der Waals surface area contributed by atoms with Gasteiger partial charge in [0.1, 0.15) is 5.75 Å². The van der Waals surface area contributed by atoms with Crippen molar-refractivity contribution >= 4 is 23.3 Å². The highest BCUT2D eigenvalue weighted by atomic mass is 16.5. The molecule has 1 saturated heterocycles. The second kappa shape index (κ2) is 8.33. The number of amides is 2. The summed E-state index contributed by atoms with van der Waals surface area (Å²) < 4.78 is 5.23. The van der Waals surface area contributed by atoms with Gasteiger partial charge in [-0.1, -0.05) is 13.0 Å². The van der Waals surface area contributed by atoms with Gasteiger partial charge in [0.05, 0.1) is 13.7 Å². The molecule has 2 rings (SSSR count). The van der Waals surface area contributed by atoms with E-state index >= 15 is 0 Å². The summed E-state index contributed by atoms with van der Waals surface area (Å²) in [6, 6.07) is 7.81. The number of Topliss-reactive ketones (excluding diaryl/α,β-unsaturated/α-hetero) is 1. The van der Waals surface area contributed by atoms with Gasteiger partial charge in [-0.25, -0.2) is 0 Å². The van der Waals surface area contributed by atoms with Crippen LogP contribution >= 0.6 is 0 Å². The second-order valence-corrected chi connectivity index (χ2v) is 5.53. The van der Waals surface area contributed by atoms with Crippen LogP contribution in [0.1, 0.15) is 13.3 Å². The molecule has 0 saturated carbocycles. The van der Waals surface area contributed by atoms with E-state index in [0.717, 1.165) is 11.4 Å². The zero-order valence-electron chi connectivity index (χ0n) is 14.1. The highest BCUT2D eigenvalue weighted by molar-refractivity contribution is 6.36. The number of nitrogens with zero attached hydrogens (tertiary/aromatic N) is 2. The summed E-state index contributed by atoms with van der Waals surface area (Å²) in [7, 11) is 1.63. The highest BCUT2D eigenvalue weighted by Crippen LogP contribution is 2.22. The third kappa shape index (κ3) is 4.47. The molecular weight excluding hydrogens is 310 g/mol. The first kappa shape index (κ1) is 17.8. The molecule has 1 aliphatic rings. The average Bonchev–Trinajstić information content (AvgIpc) is 2.65. The number of piperazine rings is 1. The van der Waals surface area contributed by atoms with E-state index in [1.165, 1.54) is 0 Å². The third-order valence-corrected chi connectivity index (χ3v) is 4.03. The lowest BCUT2D eigenvalue weighted by atomic mass is 10.2. The van der Waals surface area contributed by atoms with Crippen molar-refractivity contribution in [2.75, 3.05) is 44.7 Å². The number of rotatable bonds is 6. The molecule has 1 aromatic carbocycles. The number of ketones is 1. The van der Waals surface area contributed by atoms with Crippen LogP contribution in [0, 0.1) is 0 Å². The van der Waals surface area contributed by atoms with Gasteiger partial charge < -0.3 is 19.9 Å². The largest absolute Gasteiger partial charge is 0.497 e. The summed E-state index contributed by atoms with van der Waals surface area (Å²) in [6.07, 6.45) is 0.138. The number of methoxy groups -OCH3 is 1. The zero-order valence-corrected chi connectivity index (χ0v) is 14.1. The topological polar surface area (TPSA) is 79.0 Å². The first-order valence-electron chi connectivity index (χ1n) is 8.03. The lowest BCUT2D eigenvalue weighted by Crippen LogP contribution is -2.51. The molecule has 0 unspecified atom stereocenters. The fraction of sp³-hybridized carbons (Fsp3) is 0.471. The Kier molecular flexibility index (Phi) is 6.17. The maximum atomic E-state index is 12.1. The Morgan fingerprint density at radius 2 is 1.88 bits per heavy atom. The number of benzene rings is 1. The molecule has 130 valence electrons. The van der Waals surface area contributed by atoms with Crippen LogP contribution in [-0.2, 0) is 14.4 Å². The van der Waals surface area contributed by atoms with E-state index < -0.39 is 11.7 Å². The van der Waals surface area contributed by atoms with E-state index in [4.69, 9.17) is 4.74 Å². The Hall–Kier alpha value is -2.57. The van der Waals surface area contributed by atoms with Gasteiger partial charge in [0, 0.05) is 44.4 Å². The van der Waals surface area contributed by atoms with Crippen LogP contribution in [0.2, 0.25) is 0 Å².